The number of phosphoric acid groups is 1. The number of likely N-dealkylation sites (N-methyl/N-ethyl adjacent to an activating group) is 1. The van der Waals surface area contributed by atoms with Gasteiger partial charge in [0.05, 0.1) is 39.9 Å². The number of hydrogen-bond acceptors (Lipinski definition) is 5. The molecule has 0 aliphatic rings. The molecule has 0 aliphatic heterocycles. The summed E-state index contributed by atoms with van der Waals surface area (Å²) >= 11 is 0. The van der Waals surface area contributed by atoms with Crippen LogP contribution in [0.5, 0.6) is 0 Å². The first-order valence-corrected chi connectivity index (χ1v) is 35.0. The SMILES string of the molecule is CCCCCCCCCC/C=C\CCCCCCCCCCCCCCCCCC(=O)NC(COP(=O)(O)OCC[N+](C)(C)C)C(O)/C=C/CC/C=C/CC/C=C/CCCCCCCCCCCCCCCCCCCC. The Morgan fingerprint density at radius 1 is 0.429 bits per heavy atom. The lowest BCUT2D eigenvalue weighted by molar-refractivity contribution is -0.870. The smallest absolute Gasteiger partial charge is 0.387 e. The van der Waals surface area contributed by atoms with Gasteiger partial charge in [-0.05, 0) is 70.6 Å². The van der Waals surface area contributed by atoms with Crippen molar-refractivity contribution in [2.45, 2.75) is 341 Å². The number of hydrogen-bond donors (Lipinski definition) is 3. The Kier molecular flexibility index (Phi) is 57.9. The number of allylic oxidation sites excluding steroid dienone is 7. The monoisotopic (exact) mass is 1100 g/mol. The molecule has 0 fully saturated rings. The number of quaternary nitrogens is 1. The third kappa shape index (κ3) is 61.9. The molecule has 3 atom stereocenters. The van der Waals surface area contributed by atoms with Crippen molar-refractivity contribution in [2.75, 3.05) is 40.9 Å². The molecule has 0 heterocycles. The molecular weight excluding hydrogens is 972 g/mol. The largest absolute Gasteiger partial charge is 0.472 e. The summed E-state index contributed by atoms with van der Waals surface area (Å²) in [5.74, 6) is -0.186. The van der Waals surface area contributed by atoms with Gasteiger partial charge in [0.2, 0.25) is 5.91 Å². The molecule has 0 spiro atoms. The Hall–Kier alpha value is -1.54. The highest BCUT2D eigenvalue weighted by Crippen LogP contribution is 2.43. The molecule has 0 saturated heterocycles. The molecule has 0 radical (unpaired) electrons. The van der Waals surface area contributed by atoms with Gasteiger partial charge < -0.3 is 19.8 Å². The first-order chi connectivity index (χ1) is 37.5. The predicted molar refractivity (Wildman–Crippen MR) is 337 cm³/mol. The van der Waals surface area contributed by atoms with Crippen LogP contribution in [0.4, 0.5) is 0 Å². The summed E-state index contributed by atoms with van der Waals surface area (Å²) < 4.78 is 23.8. The molecule has 3 unspecified atom stereocenters. The van der Waals surface area contributed by atoms with E-state index >= 15 is 0 Å². The van der Waals surface area contributed by atoms with E-state index in [1.54, 1.807) is 6.08 Å². The minimum absolute atomic E-state index is 0.0540. The van der Waals surface area contributed by atoms with Gasteiger partial charge in [-0.2, -0.15) is 0 Å². The number of carbonyl (C=O) groups excluding carboxylic acids is 1. The molecular formula is C68H132N2O6P+. The quantitative estimate of drug-likeness (QED) is 0.0243. The summed E-state index contributed by atoms with van der Waals surface area (Å²) in [6.45, 7) is 4.83. The fourth-order valence-electron chi connectivity index (χ4n) is 10.0. The number of nitrogens with zero attached hydrogens (tertiary/aromatic N) is 1. The van der Waals surface area contributed by atoms with E-state index in [-0.39, 0.29) is 19.1 Å². The maximum Gasteiger partial charge on any atom is 0.472 e. The van der Waals surface area contributed by atoms with Crippen LogP contribution in [0.15, 0.2) is 48.6 Å². The van der Waals surface area contributed by atoms with Crippen molar-refractivity contribution in [3.05, 3.63) is 48.6 Å². The maximum absolute atomic E-state index is 13.0. The van der Waals surface area contributed by atoms with Gasteiger partial charge in [-0.1, -0.05) is 300 Å². The van der Waals surface area contributed by atoms with Gasteiger partial charge in [0, 0.05) is 6.42 Å². The number of phosphoric ester groups is 1. The molecule has 0 bridgehead atoms. The number of unbranched alkanes of at least 4 members (excludes halogenated alkanes) is 43. The van der Waals surface area contributed by atoms with Crippen molar-refractivity contribution in [3.8, 4) is 0 Å². The van der Waals surface area contributed by atoms with Gasteiger partial charge in [0.15, 0.2) is 0 Å². The van der Waals surface area contributed by atoms with E-state index in [9.17, 15) is 19.4 Å². The molecule has 0 aromatic carbocycles. The Bertz CT molecular complexity index is 1390. The molecule has 8 nitrogen and oxygen atoms in total. The molecule has 3 N–H and O–H groups in total. The fraction of sp³-hybridized carbons (Fsp3) is 0.868. The van der Waals surface area contributed by atoms with Crippen LogP contribution in [0.1, 0.15) is 328 Å². The van der Waals surface area contributed by atoms with Crippen LogP contribution in [-0.2, 0) is 18.4 Å². The standard InChI is InChI=1S/C68H131N2O6P/c1-6-8-10-12-14-16-18-20-22-24-26-28-30-32-34-36-37-39-41-43-45-47-49-51-53-55-57-59-61-67(71)66(65-76-77(73,74)75-64-63-70(3,4)5)69-68(72)62-60-58-56-54-52-50-48-46-44-42-40-38-35-33-31-29-27-25-23-21-19-17-15-13-11-9-7-2/h25,27,43,45,51,53,59,61,66-67,71H,6-24,26,28-42,44,46-50,52,54-58,60,62-65H2,1-5H3,(H-,69,72,73,74)/p+1/b27-25-,45-43+,53-51+,61-59+. The summed E-state index contributed by atoms with van der Waals surface area (Å²) in [4.78, 5) is 23.4. The normalized spacial score (nSPS) is 14.0. The lowest BCUT2D eigenvalue weighted by Gasteiger charge is -2.25. The van der Waals surface area contributed by atoms with Crippen molar-refractivity contribution in [3.63, 3.8) is 0 Å². The highest BCUT2D eigenvalue weighted by atomic mass is 31.2. The van der Waals surface area contributed by atoms with E-state index < -0.39 is 20.0 Å². The van der Waals surface area contributed by atoms with Crippen LogP contribution in [-0.4, -0.2) is 73.4 Å². The lowest BCUT2D eigenvalue weighted by Crippen LogP contribution is -2.45. The van der Waals surface area contributed by atoms with E-state index in [0.717, 1.165) is 44.9 Å². The van der Waals surface area contributed by atoms with Gasteiger partial charge >= 0.3 is 7.82 Å². The Morgan fingerprint density at radius 3 is 1.04 bits per heavy atom. The number of aliphatic hydroxyl groups is 1. The zero-order chi connectivity index (χ0) is 56.3. The third-order valence-corrected chi connectivity index (χ3v) is 16.2. The summed E-state index contributed by atoms with van der Waals surface area (Å²) in [7, 11) is 1.56. The molecule has 454 valence electrons. The van der Waals surface area contributed by atoms with Crippen LogP contribution in [0.2, 0.25) is 0 Å². The van der Waals surface area contributed by atoms with E-state index in [2.05, 4.69) is 55.6 Å². The molecule has 77 heavy (non-hydrogen) atoms. The summed E-state index contributed by atoms with van der Waals surface area (Å²) in [5, 5.41) is 14.0. The van der Waals surface area contributed by atoms with Crippen LogP contribution in [0.3, 0.4) is 0 Å². The second-order valence-electron chi connectivity index (χ2n) is 24.2. The summed E-state index contributed by atoms with van der Waals surface area (Å²) in [5.41, 5.74) is 0. The number of amides is 1. The molecule has 0 saturated carbocycles. The summed E-state index contributed by atoms with van der Waals surface area (Å²) in [6, 6.07) is -0.871. The second-order valence-corrected chi connectivity index (χ2v) is 25.6. The first kappa shape index (κ1) is 75.5. The summed E-state index contributed by atoms with van der Waals surface area (Å²) in [6.07, 6.45) is 79.7. The number of carbonyl (C=O) groups is 1. The Balaban J connectivity index is 4.16. The molecule has 9 heteroatoms. The average molecular weight is 1100 g/mol. The van der Waals surface area contributed by atoms with E-state index in [1.165, 1.54) is 263 Å². The predicted octanol–water partition coefficient (Wildman–Crippen LogP) is 21.1. The highest BCUT2D eigenvalue weighted by Gasteiger charge is 2.28. The zero-order valence-electron chi connectivity index (χ0n) is 52.0. The van der Waals surface area contributed by atoms with Crippen molar-refractivity contribution < 1.29 is 32.9 Å². The highest BCUT2D eigenvalue weighted by molar-refractivity contribution is 7.47. The number of aliphatic hydroxyl groups excluding tert-OH is 1. The van der Waals surface area contributed by atoms with Crippen LogP contribution >= 0.6 is 7.82 Å². The van der Waals surface area contributed by atoms with Crippen LogP contribution < -0.4 is 5.32 Å². The van der Waals surface area contributed by atoms with Crippen molar-refractivity contribution in [2.24, 2.45) is 0 Å². The molecule has 1 amide bonds. The molecule has 0 aromatic heterocycles. The zero-order valence-corrected chi connectivity index (χ0v) is 52.9. The van der Waals surface area contributed by atoms with Gasteiger partial charge in [-0.15, -0.1) is 0 Å². The van der Waals surface area contributed by atoms with Gasteiger partial charge in [0.25, 0.3) is 0 Å². The van der Waals surface area contributed by atoms with Crippen molar-refractivity contribution in [1.82, 2.24) is 5.32 Å². The fourth-order valence-corrected chi connectivity index (χ4v) is 10.7. The van der Waals surface area contributed by atoms with Crippen LogP contribution in [0, 0.1) is 0 Å². The molecule has 0 aromatic rings. The maximum atomic E-state index is 13.0. The van der Waals surface area contributed by atoms with Crippen molar-refractivity contribution >= 4 is 13.7 Å². The van der Waals surface area contributed by atoms with E-state index in [4.69, 9.17) is 9.05 Å². The first-order valence-electron chi connectivity index (χ1n) is 33.5. The molecule has 0 rings (SSSR count). The van der Waals surface area contributed by atoms with Crippen molar-refractivity contribution in [1.29, 1.82) is 0 Å². The Morgan fingerprint density at radius 2 is 0.714 bits per heavy atom. The van der Waals surface area contributed by atoms with Crippen LogP contribution in [0.25, 0.3) is 0 Å². The van der Waals surface area contributed by atoms with E-state index in [0.29, 0.717) is 17.4 Å². The van der Waals surface area contributed by atoms with Gasteiger partial charge in [-0.25, -0.2) is 4.57 Å². The Labute approximate surface area is 479 Å². The number of rotatable bonds is 62. The van der Waals surface area contributed by atoms with Gasteiger partial charge in [-0.3, -0.25) is 13.8 Å². The topological polar surface area (TPSA) is 105 Å². The average Bonchev–Trinajstić information content (AvgIpc) is 3.39. The molecule has 0 aliphatic carbocycles. The lowest BCUT2D eigenvalue weighted by atomic mass is 10.0. The van der Waals surface area contributed by atoms with E-state index in [1.807, 2.05) is 27.2 Å². The minimum atomic E-state index is -4.36. The second kappa shape index (κ2) is 59.1. The number of nitrogens with one attached hydrogen (secondary N) is 1. The van der Waals surface area contributed by atoms with Gasteiger partial charge in [0.1, 0.15) is 13.2 Å². The minimum Gasteiger partial charge on any atom is -0.387 e. The third-order valence-electron chi connectivity index (χ3n) is 15.2.